The third-order valence-corrected chi connectivity index (χ3v) is 1.61. The summed E-state index contributed by atoms with van der Waals surface area (Å²) in [4.78, 5) is 29.6. The number of aliphatic hydroxyl groups is 2. The second-order valence-electron chi connectivity index (χ2n) is 2.98. The van der Waals surface area contributed by atoms with Crippen LogP contribution in [-0.4, -0.2) is 56.5 Å². The number of carboxylic acids is 2. The topological polar surface area (TPSA) is 184 Å². The van der Waals surface area contributed by atoms with Crippen LogP contribution in [0, 0.1) is 0 Å². The van der Waals surface area contributed by atoms with Crippen LogP contribution < -0.4 is 11.5 Å². The third-order valence-electron chi connectivity index (χ3n) is 1.61. The molecule has 0 radical (unpaired) electrons. The highest BCUT2D eigenvalue weighted by Crippen LogP contribution is 1.92. The Morgan fingerprint density at radius 2 is 1.35 bits per heavy atom. The smallest absolute Gasteiger partial charge is 0.335 e. The molecule has 2 unspecified atom stereocenters. The zero-order chi connectivity index (χ0) is 14.2. The van der Waals surface area contributed by atoms with Crippen LogP contribution in [0.4, 0.5) is 0 Å². The van der Waals surface area contributed by atoms with Gasteiger partial charge >= 0.3 is 11.9 Å². The number of hydrogen-bond donors (Lipinski definition) is 6. The normalized spacial score (nSPS) is 14.8. The van der Waals surface area contributed by atoms with Crippen LogP contribution in [0.1, 0.15) is 13.3 Å². The fraction of sp³-hybridized carbons (Fsp3) is 0.625. The highest BCUT2D eigenvalue weighted by Gasteiger charge is 2.29. The minimum Gasteiger partial charge on any atom is -0.479 e. The van der Waals surface area contributed by atoms with Gasteiger partial charge in [-0.1, -0.05) is 6.92 Å². The molecule has 0 aliphatic heterocycles. The van der Waals surface area contributed by atoms with E-state index in [0.29, 0.717) is 6.42 Å². The summed E-state index contributed by atoms with van der Waals surface area (Å²) in [5.41, 5.74) is 9.92. The molecule has 0 spiro atoms. The monoisotopic (exact) mass is 252 g/mol. The number of hydrogen-bond acceptors (Lipinski definition) is 6. The van der Waals surface area contributed by atoms with Crippen molar-refractivity contribution in [2.24, 2.45) is 11.5 Å². The average Bonchev–Trinajstić information content (AvgIpc) is 2.26. The summed E-state index contributed by atoms with van der Waals surface area (Å²) in [6.45, 7) is 1.81. The van der Waals surface area contributed by atoms with Gasteiger partial charge in [-0.2, -0.15) is 0 Å². The maximum Gasteiger partial charge on any atom is 0.335 e. The van der Waals surface area contributed by atoms with E-state index in [9.17, 15) is 14.4 Å². The summed E-state index contributed by atoms with van der Waals surface area (Å²) in [6, 6.07) is -0.458. The van der Waals surface area contributed by atoms with E-state index in [1.165, 1.54) is 0 Å². The van der Waals surface area contributed by atoms with Crippen molar-refractivity contribution in [1.29, 1.82) is 0 Å². The Kier molecular flexibility index (Phi) is 8.78. The molecule has 0 aliphatic rings. The number of nitrogens with two attached hydrogens (primary N) is 2. The van der Waals surface area contributed by atoms with Crippen LogP contribution >= 0.6 is 0 Å². The number of carbonyl (C=O) groups is 3. The van der Waals surface area contributed by atoms with Crippen molar-refractivity contribution in [3.63, 3.8) is 0 Å². The number of carbonyl (C=O) groups excluding carboxylic acids is 1. The van der Waals surface area contributed by atoms with Crippen molar-refractivity contribution in [2.45, 2.75) is 31.6 Å². The molecule has 0 aromatic carbocycles. The van der Waals surface area contributed by atoms with E-state index in [4.69, 9.17) is 31.9 Å². The van der Waals surface area contributed by atoms with Crippen LogP contribution in [0.15, 0.2) is 0 Å². The SMILES string of the molecule is CC[C@H](N)C(N)=O.O=C(O)C(O)C(O)C(=O)O. The Hall–Kier alpha value is -1.71. The number of rotatable bonds is 5. The zero-order valence-corrected chi connectivity index (χ0v) is 9.11. The molecule has 0 fully saturated rings. The van der Waals surface area contributed by atoms with Crippen LogP contribution in [0.3, 0.4) is 0 Å². The van der Waals surface area contributed by atoms with Crippen molar-refractivity contribution in [3.05, 3.63) is 0 Å². The van der Waals surface area contributed by atoms with E-state index in [1.807, 2.05) is 6.92 Å². The molecule has 0 aromatic heterocycles. The lowest BCUT2D eigenvalue weighted by Crippen LogP contribution is -2.39. The maximum absolute atomic E-state index is 10.0. The molecule has 0 heterocycles. The van der Waals surface area contributed by atoms with E-state index in [0.717, 1.165) is 0 Å². The van der Waals surface area contributed by atoms with E-state index in [2.05, 4.69) is 0 Å². The molecule has 0 aromatic rings. The first-order chi connectivity index (χ1) is 7.64. The molecular weight excluding hydrogens is 236 g/mol. The molecule has 8 N–H and O–H groups in total. The molecule has 0 aliphatic carbocycles. The van der Waals surface area contributed by atoms with Gasteiger partial charge in [0.15, 0.2) is 12.2 Å². The summed E-state index contributed by atoms with van der Waals surface area (Å²) in [5.74, 6) is -3.97. The lowest BCUT2D eigenvalue weighted by Gasteiger charge is -2.07. The molecule has 0 rings (SSSR count). The lowest BCUT2D eigenvalue weighted by atomic mass is 10.2. The Morgan fingerprint density at radius 3 is 1.41 bits per heavy atom. The van der Waals surface area contributed by atoms with Crippen molar-refractivity contribution < 1.29 is 34.8 Å². The Labute approximate surface area is 96.6 Å². The molecule has 0 saturated carbocycles. The van der Waals surface area contributed by atoms with Gasteiger partial charge in [-0.25, -0.2) is 9.59 Å². The first kappa shape index (κ1) is 17.7. The van der Waals surface area contributed by atoms with Gasteiger partial charge < -0.3 is 31.9 Å². The van der Waals surface area contributed by atoms with Crippen molar-refractivity contribution in [3.8, 4) is 0 Å². The highest BCUT2D eigenvalue weighted by atomic mass is 16.4. The van der Waals surface area contributed by atoms with Crippen LogP contribution in [0.25, 0.3) is 0 Å². The number of carboxylic acid groups (broad SMARTS) is 2. The number of aliphatic hydroxyl groups excluding tert-OH is 2. The second kappa shape index (κ2) is 8.44. The third kappa shape index (κ3) is 8.13. The fourth-order valence-corrected chi connectivity index (χ4v) is 0.471. The molecule has 1 amide bonds. The summed E-state index contributed by atoms with van der Waals surface area (Å²) < 4.78 is 0. The molecule has 17 heavy (non-hydrogen) atoms. The van der Waals surface area contributed by atoms with Gasteiger partial charge in [0, 0.05) is 0 Å². The lowest BCUT2D eigenvalue weighted by molar-refractivity contribution is -0.165. The van der Waals surface area contributed by atoms with Gasteiger partial charge in [-0.05, 0) is 6.42 Å². The number of amides is 1. The summed E-state index contributed by atoms with van der Waals surface area (Å²) >= 11 is 0. The zero-order valence-electron chi connectivity index (χ0n) is 9.11. The quantitative estimate of drug-likeness (QED) is 0.300. The van der Waals surface area contributed by atoms with Crippen LogP contribution in [0.2, 0.25) is 0 Å². The molecule has 0 bridgehead atoms. The Balaban J connectivity index is 0. The second-order valence-corrected chi connectivity index (χ2v) is 2.98. The van der Waals surface area contributed by atoms with Crippen LogP contribution in [-0.2, 0) is 14.4 Å². The largest absolute Gasteiger partial charge is 0.479 e. The maximum atomic E-state index is 10.0. The van der Waals surface area contributed by atoms with Gasteiger partial charge in [0.1, 0.15) is 0 Å². The number of aliphatic carboxylic acids is 2. The molecule has 9 nitrogen and oxygen atoms in total. The van der Waals surface area contributed by atoms with E-state index < -0.39 is 36.1 Å². The summed E-state index contributed by atoms with van der Waals surface area (Å²) in [6.07, 6.45) is -3.91. The van der Waals surface area contributed by atoms with Crippen molar-refractivity contribution in [1.82, 2.24) is 0 Å². The predicted molar refractivity (Wildman–Crippen MR) is 54.7 cm³/mol. The first-order valence-corrected chi connectivity index (χ1v) is 4.51. The van der Waals surface area contributed by atoms with Crippen LogP contribution in [0.5, 0.6) is 0 Å². The minimum atomic E-state index is -2.27. The van der Waals surface area contributed by atoms with E-state index >= 15 is 0 Å². The van der Waals surface area contributed by atoms with Crippen molar-refractivity contribution in [2.75, 3.05) is 0 Å². The van der Waals surface area contributed by atoms with Gasteiger partial charge in [0.25, 0.3) is 0 Å². The molecule has 9 heteroatoms. The van der Waals surface area contributed by atoms with E-state index in [1.54, 1.807) is 0 Å². The summed E-state index contributed by atoms with van der Waals surface area (Å²) in [7, 11) is 0. The fourth-order valence-electron chi connectivity index (χ4n) is 0.471. The van der Waals surface area contributed by atoms with E-state index in [-0.39, 0.29) is 0 Å². The minimum absolute atomic E-state index is 0.428. The van der Waals surface area contributed by atoms with Gasteiger partial charge in [0.05, 0.1) is 6.04 Å². The first-order valence-electron chi connectivity index (χ1n) is 4.51. The highest BCUT2D eigenvalue weighted by molar-refractivity contribution is 5.83. The Morgan fingerprint density at radius 1 is 1.06 bits per heavy atom. The summed E-state index contributed by atoms with van der Waals surface area (Å²) in [5, 5.41) is 32.5. The standard InChI is InChI=1S/C4H10N2O.C4H6O6/c1-2-3(5)4(6)7;5-1(3(7)8)2(6)4(9)10/h3H,2,5H2,1H3,(H2,6,7);1-2,5-6H,(H,7,8)(H,9,10)/t3-;/m0./s1. The Bertz CT molecular complexity index is 263. The average molecular weight is 252 g/mol. The predicted octanol–water partition coefficient (Wildman–Crippen LogP) is -2.91. The molecule has 3 atom stereocenters. The molecule has 0 saturated heterocycles. The molecule has 100 valence electrons. The molecular formula is C8H16N2O7. The van der Waals surface area contributed by atoms with Gasteiger partial charge in [-0.3, -0.25) is 4.79 Å². The van der Waals surface area contributed by atoms with Gasteiger partial charge in [0.2, 0.25) is 5.91 Å². The number of primary amides is 1. The van der Waals surface area contributed by atoms with Gasteiger partial charge in [-0.15, -0.1) is 0 Å². The van der Waals surface area contributed by atoms with Crippen molar-refractivity contribution >= 4 is 17.8 Å².